The molecule has 4 bridgehead atoms. The molecule has 2 aliphatic carbocycles. The first-order valence-electron chi connectivity index (χ1n) is 14.7. The van der Waals surface area contributed by atoms with E-state index in [1.807, 2.05) is 36.4 Å². The maximum atomic E-state index is 13.1. The van der Waals surface area contributed by atoms with Crippen molar-refractivity contribution in [2.75, 3.05) is 37.0 Å². The summed E-state index contributed by atoms with van der Waals surface area (Å²) in [6, 6.07) is 12.2. The average molecular weight is 581 g/mol. The molecular formula is C32H37ClN2O4S. The Labute approximate surface area is 245 Å². The number of halogens is 1. The topological polar surface area (TPSA) is 71.0 Å². The molecule has 1 saturated heterocycles. The lowest BCUT2D eigenvalue weighted by Gasteiger charge is -2.48. The summed E-state index contributed by atoms with van der Waals surface area (Å²) in [4.78, 5) is 15.6. The zero-order valence-electron chi connectivity index (χ0n) is 22.7. The predicted molar refractivity (Wildman–Crippen MR) is 159 cm³/mol. The van der Waals surface area contributed by atoms with Crippen molar-refractivity contribution < 1.29 is 19.4 Å². The molecule has 40 heavy (non-hydrogen) atoms. The van der Waals surface area contributed by atoms with E-state index in [0.717, 1.165) is 61.7 Å². The van der Waals surface area contributed by atoms with Crippen molar-refractivity contribution in [1.82, 2.24) is 4.72 Å². The average Bonchev–Trinajstić information content (AvgIpc) is 3.07. The van der Waals surface area contributed by atoms with Gasteiger partial charge in [0.2, 0.25) is 0 Å². The third-order valence-corrected chi connectivity index (χ3v) is 10.8. The van der Waals surface area contributed by atoms with E-state index in [0.29, 0.717) is 49.2 Å². The van der Waals surface area contributed by atoms with Gasteiger partial charge in [-0.25, -0.2) is 0 Å². The molecule has 0 unspecified atom stereocenters. The minimum absolute atomic E-state index is 0.0583. The first-order chi connectivity index (χ1) is 19.4. The fraction of sp³-hybridized carbons (Fsp3) is 0.531. The van der Waals surface area contributed by atoms with Crippen molar-refractivity contribution in [3.05, 3.63) is 70.3 Å². The second-order valence-corrected chi connectivity index (χ2v) is 13.7. The van der Waals surface area contributed by atoms with Crippen LogP contribution in [0.15, 0.2) is 48.6 Å². The van der Waals surface area contributed by atoms with Crippen LogP contribution in [0.4, 0.5) is 5.69 Å². The number of aryl methyl sites for hydroxylation is 1. The monoisotopic (exact) mass is 580 g/mol. The fourth-order valence-electron chi connectivity index (χ4n) is 7.65. The number of aliphatic hydroxyl groups is 1. The molecule has 3 heterocycles. The van der Waals surface area contributed by atoms with Crippen LogP contribution in [0.3, 0.4) is 0 Å². The van der Waals surface area contributed by atoms with Crippen molar-refractivity contribution >= 4 is 35.1 Å². The molecule has 2 fully saturated rings. The Morgan fingerprint density at radius 3 is 2.95 bits per heavy atom. The Hall–Kier alpha value is -2.19. The summed E-state index contributed by atoms with van der Waals surface area (Å²) in [5, 5.41) is 12.1. The summed E-state index contributed by atoms with van der Waals surface area (Å²) in [6.07, 6.45) is 10.6. The first kappa shape index (κ1) is 26.7. The van der Waals surface area contributed by atoms with Gasteiger partial charge in [-0.1, -0.05) is 29.8 Å². The van der Waals surface area contributed by atoms with Gasteiger partial charge < -0.3 is 19.5 Å². The molecule has 7 rings (SSSR count). The van der Waals surface area contributed by atoms with E-state index in [4.69, 9.17) is 21.1 Å². The smallest absolute Gasteiger partial charge is 0.261 e. The molecule has 0 aromatic heterocycles. The molecule has 212 valence electrons. The van der Waals surface area contributed by atoms with Gasteiger partial charge in [0.15, 0.2) is 0 Å². The van der Waals surface area contributed by atoms with Crippen molar-refractivity contribution in [1.29, 1.82) is 0 Å². The largest absolute Gasteiger partial charge is 0.490 e. The predicted octanol–water partition coefficient (Wildman–Crippen LogP) is 5.70. The second-order valence-electron chi connectivity index (χ2n) is 12.4. The zero-order chi connectivity index (χ0) is 27.3. The maximum Gasteiger partial charge on any atom is 0.261 e. The lowest BCUT2D eigenvalue weighted by atomic mass is 9.66. The van der Waals surface area contributed by atoms with Crippen LogP contribution >= 0.6 is 23.5 Å². The molecule has 2 N–H and O–H groups in total. The van der Waals surface area contributed by atoms with Crippen LogP contribution < -0.4 is 14.4 Å². The van der Waals surface area contributed by atoms with Crippen molar-refractivity contribution in [3.63, 3.8) is 0 Å². The van der Waals surface area contributed by atoms with E-state index >= 15 is 0 Å². The Balaban J connectivity index is 1.27. The molecule has 1 spiro atoms. The highest BCUT2D eigenvalue weighted by molar-refractivity contribution is 7.98. The number of nitrogens with one attached hydrogen (secondary N) is 1. The van der Waals surface area contributed by atoms with Gasteiger partial charge in [0.25, 0.3) is 5.91 Å². The summed E-state index contributed by atoms with van der Waals surface area (Å²) in [5.74, 6) is 2.18. The standard InChI is InChI=1S/C32H37ClN2O4S/c33-24-6-8-26-21(15-24)3-1-10-31(26)19-35-18-23-4-7-25(23)29-17-32(37,12-13-38-29)11-2-14-40-34-30(36)22-5-9-28(39-20-31)27(35)16-22/h2,5-6,8-9,11,15-16,23,25,29,37H,1,3-4,7,10,12-14,17-20H2,(H,34,36)/b11-2+/t23-,25+,29-,31-,32-/m0/s1. The molecule has 1 amide bonds. The number of fused-ring (bicyclic) bond motifs is 7. The van der Waals surface area contributed by atoms with Crippen LogP contribution in [-0.4, -0.2) is 54.8 Å². The normalized spacial score (nSPS) is 34.4. The number of anilines is 1. The molecule has 5 aliphatic rings. The molecular weight excluding hydrogens is 544 g/mol. The zero-order valence-corrected chi connectivity index (χ0v) is 24.3. The minimum atomic E-state index is -0.851. The summed E-state index contributed by atoms with van der Waals surface area (Å²) >= 11 is 7.76. The van der Waals surface area contributed by atoms with E-state index in [-0.39, 0.29) is 17.4 Å². The van der Waals surface area contributed by atoms with E-state index in [9.17, 15) is 9.90 Å². The van der Waals surface area contributed by atoms with Gasteiger partial charge in [-0.3, -0.25) is 9.52 Å². The van der Waals surface area contributed by atoms with E-state index in [2.05, 4.69) is 21.8 Å². The van der Waals surface area contributed by atoms with E-state index < -0.39 is 5.60 Å². The Bertz CT molecular complexity index is 1340. The van der Waals surface area contributed by atoms with Gasteiger partial charge in [0.1, 0.15) is 5.75 Å². The summed E-state index contributed by atoms with van der Waals surface area (Å²) in [7, 11) is 0. The Morgan fingerprint density at radius 1 is 1.15 bits per heavy atom. The van der Waals surface area contributed by atoms with E-state index in [1.54, 1.807) is 0 Å². The minimum Gasteiger partial charge on any atom is -0.490 e. The third kappa shape index (κ3) is 4.93. The number of nitrogens with zero attached hydrogens (tertiary/aromatic N) is 1. The quantitative estimate of drug-likeness (QED) is 0.308. The number of ether oxygens (including phenoxy) is 2. The van der Waals surface area contributed by atoms with E-state index in [1.165, 1.54) is 23.1 Å². The molecule has 3 aliphatic heterocycles. The number of carbonyl (C=O) groups excluding carboxylic acids is 1. The Morgan fingerprint density at radius 2 is 2.08 bits per heavy atom. The molecule has 1 saturated carbocycles. The number of rotatable bonds is 0. The lowest BCUT2D eigenvalue weighted by molar-refractivity contribution is -0.125. The highest BCUT2D eigenvalue weighted by atomic mass is 35.5. The van der Waals surface area contributed by atoms with Gasteiger partial charge in [0, 0.05) is 47.7 Å². The summed E-state index contributed by atoms with van der Waals surface area (Å²) in [5.41, 5.74) is 3.29. The van der Waals surface area contributed by atoms with Crippen LogP contribution in [-0.2, 0) is 16.6 Å². The summed E-state index contributed by atoms with van der Waals surface area (Å²) in [6.45, 7) is 2.88. The first-order valence-corrected chi connectivity index (χ1v) is 16.0. The van der Waals surface area contributed by atoms with Crippen molar-refractivity contribution in [3.8, 4) is 5.75 Å². The highest BCUT2D eigenvalue weighted by Crippen LogP contribution is 2.48. The Kier molecular flexibility index (Phi) is 7.06. The van der Waals surface area contributed by atoms with Gasteiger partial charge >= 0.3 is 0 Å². The van der Waals surface area contributed by atoms with Gasteiger partial charge in [0.05, 0.1) is 30.6 Å². The van der Waals surface area contributed by atoms with Gasteiger partial charge in [-0.05, 0) is 97.3 Å². The van der Waals surface area contributed by atoms with Crippen LogP contribution in [0, 0.1) is 11.8 Å². The number of amides is 1. The molecule has 2 aromatic carbocycles. The molecule has 8 heteroatoms. The summed E-state index contributed by atoms with van der Waals surface area (Å²) < 4.78 is 15.9. The van der Waals surface area contributed by atoms with Crippen molar-refractivity contribution in [2.45, 2.75) is 62.1 Å². The molecule has 5 atom stereocenters. The molecule has 6 nitrogen and oxygen atoms in total. The van der Waals surface area contributed by atoms with Crippen LogP contribution in [0.2, 0.25) is 5.02 Å². The van der Waals surface area contributed by atoms with Gasteiger partial charge in [-0.2, -0.15) is 0 Å². The SMILES string of the molecule is O=C1NSC/C=C/[C@]2(O)CCO[C@@H](C2)[C@@H]2CC[C@H]2CN2C[C@@]3(CCCc4cc(Cl)ccc43)COc3ccc1cc32. The molecule has 0 radical (unpaired) electrons. The second kappa shape index (κ2) is 10.6. The lowest BCUT2D eigenvalue weighted by Crippen LogP contribution is -2.52. The number of hydrogen-bond acceptors (Lipinski definition) is 6. The molecule has 2 aromatic rings. The number of hydrogen-bond donors (Lipinski definition) is 2. The van der Waals surface area contributed by atoms with Crippen LogP contribution in [0.1, 0.15) is 60.0 Å². The third-order valence-electron chi connectivity index (χ3n) is 9.90. The highest BCUT2D eigenvalue weighted by Gasteiger charge is 2.46. The number of benzene rings is 2. The maximum absolute atomic E-state index is 13.1. The van der Waals surface area contributed by atoms with Crippen LogP contribution in [0.5, 0.6) is 5.75 Å². The van der Waals surface area contributed by atoms with Crippen LogP contribution in [0.25, 0.3) is 0 Å². The number of carbonyl (C=O) groups is 1. The van der Waals surface area contributed by atoms with Crippen molar-refractivity contribution in [2.24, 2.45) is 11.8 Å². The van der Waals surface area contributed by atoms with Gasteiger partial charge in [-0.15, -0.1) is 0 Å². The fourth-order valence-corrected chi connectivity index (χ4v) is 8.37.